The van der Waals surface area contributed by atoms with Crippen LogP contribution in [0.3, 0.4) is 0 Å². The van der Waals surface area contributed by atoms with Crippen LogP contribution in [0.2, 0.25) is 0 Å². The van der Waals surface area contributed by atoms with E-state index in [4.69, 9.17) is 20.2 Å². The first-order valence-corrected chi connectivity index (χ1v) is 9.59. The average molecular weight is 386 g/mol. The standard InChI is InChI=1S/C23H22N4O2/c1-22(2,3)16-10-18-20(26-12-16)29-19-7-6-14(15-5-4-8-25-11-15)9-17(19)23(18)13-28-21(24)27-23/h4-12H,13H2,1-3H3,(H2,24,27). The predicted octanol–water partition coefficient (Wildman–Crippen LogP) is 4.14. The van der Waals surface area contributed by atoms with Crippen LogP contribution < -0.4 is 10.5 Å². The topological polar surface area (TPSA) is 82.6 Å². The Balaban J connectivity index is 1.74. The zero-order valence-corrected chi connectivity index (χ0v) is 16.6. The Morgan fingerprint density at radius 3 is 2.59 bits per heavy atom. The fourth-order valence-electron chi connectivity index (χ4n) is 3.85. The molecule has 0 amide bonds. The fraction of sp³-hybridized carbons (Fsp3) is 0.261. The number of aromatic nitrogens is 2. The number of rotatable bonds is 1. The predicted molar refractivity (Wildman–Crippen MR) is 111 cm³/mol. The number of nitrogens with zero attached hydrogens (tertiary/aromatic N) is 3. The molecule has 0 radical (unpaired) electrons. The maximum Gasteiger partial charge on any atom is 0.283 e. The van der Waals surface area contributed by atoms with Gasteiger partial charge in [0.2, 0.25) is 5.88 Å². The second-order valence-corrected chi connectivity index (χ2v) is 8.48. The molecule has 1 atom stereocenters. The molecule has 29 heavy (non-hydrogen) atoms. The van der Waals surface area contributed by atoms with E-state index in [0.29, 0.717) is 18.2 Å². The van der Waals surface area contributed by atoms with Gasteiger partial charge in [0.25, 0.3) is 6.02 Å². The van der Waals surface area contributed by atoms with E-state index in [1.807, 2.05) is 36.7 Å². The van der Waals surface area contributed by atoms with Crippen molar-refractivity contribution in [2.75, 3.05) is 6.61 Å². The zero-order valence-electron chi connectivity index (χ0n) is 16.6. The van der Waals surface area contributed by atoms with Crippen LogP contribution in [0.1, 0.15) is 37.5 Å². The lowest BCUT2D eigenvalue weighted by Crippen LogP contribution is -2.32. The highest BCUT2D eigenvalue weighted by Gasteiger charge is 2.48. The van der Waals surface area contributed by atoms with Gasteiger partial charge in [-0.3, -0.25) is 4.98 Å². The van der Waals surface area contributed by atoms with Gasteiger partial charge in [-0.2, -0.15) is 0 Å². The Hall–Kier alpha value is -3.41. The number of nitrogens with two attached hydrogens (primary N) is 1. The van der Waals surface area contributed by atoms with Crippen LogP contribution in [0, 0.1) is 0 Å². The van der Waals surface area contributed by atoms with Gasteiger partial charge >= 0.3 is 0 Å². The molecule has 5 rings (SSSR count). The summed E-state index contributed by atoms with van der Waals surface area (Å²) in [4.78, 5) is 13.6. The monoisotopic (exact) mass is 386 g/mol. The molecule has 3 aromatic rings. The van der Waals surface area contributed by atoms with Crippen LogP contribution in [0.4, 0.5) is 0 Å². The Morgan fingerprint density at radius 1 is 1.03 bits per heavy atom. The molecule has 0 saturated heterocycles. The summed E-state index contributed by atoms with van der Waals surface area (Å²) in [6, 6.07) is 12.3. The maximum atomic E-state index is 6.17. The number of amidine groups is 1. The summed E-state index contributed by atoms with van der Waals surface area (Å²) in [6.07, 6.45) is 5.47. The molecule has 2 aliphatic heterocycles. The first kappa shape index (κ1) is 17.7. The summed E-state index contributed by atoms with van der Waals surface area (Å²) >= 11 is 0. The summed E-state index contributed by atoms with van der Waals surface area (Å²) < 4.78 is 11.8. The lowest BCUT2D eigenvalue weighted by molar-refractivity contribution is 0.262. The smallest absolute Gasteiger partial charge is 0.283 e. The molecule has 2 aromatic heterocycles. The first-order valence-electron chi connectivity index (χ1n) is 9.59. The third kappa shape index (κ3) is 2.75. The molecule has 0 bridgehead atoms. The Morgan fingerprint density at radius 2 is 1.90 bits per heavy atom. The average Bonchev–Trinajstić information content (AvgIpc) is 3.10. The Labute approximate surface area is 169 Å². The van der Waals surface area contributed by atoms with Crippen molar-refractivity contribution in [1.29, 1.82) is 0 Å². The van der Waals surface area contributed by atoms with Gasteiger partial charge in [-0.25, -0.2) is 9.98 Å². The number of fused-ring (bicyclic) bond motifs is 4. The van der Waals surface area contributed by atoms with Gasteiger partial charge in [0.15, 0.2) is 5.54 Å². The lowest BCUT2D eigenvalue weighted by atomic mass is 9.79. The second-order valence-electron chi connectivity index (χ2n) is 8.48. The number of aliphatic imine (C=N–C) groups is 1. The van der Waals surface area contributed by atoms with Crippen molar-refractivity contribution in [2.45, 2.75) is 31.7 Å². The van der Waals surface area contributed by atoms with E-state index < -0.39 is 5.54 Å². The molecule has 0 saturated carbocycles. The minimum Gasteiger partial charge on any atom is -0.462 e. The third-order valence-electron chi connectivity index (χ3n) is 5.52. The van der Waals surface area contributed by atoms with E-state index in [2.05, 4.69) is 42.9 Å². The molecule has 1 unspecified atom stereocenters. The van der Waals surface area contributed by atoms with Gasteiger partial charge in [0.1, 0.15) is 12.4 Å². The van der Waals surface area contributed by atoms with Crippen LogP contribution in [0.5, 0.6) is 11.6 Å². The normalized spacial score (nSPS) is 19.8. The van der Waals surface area contributed by atoms with Crippen LogP contribution in [0.15, 0.2) is 60.0 Å². The minimum absolute atomic E-state index is 0.0597. The Kier molecular flexibility index (Phi) is 3.68. The van der Waals surface area contributed by atoms with Gasteiger partial charge in [0, 0.05) is 29.7 Å². The summed E-state index contributed by atoms with van der Waals surface area (Å²) in [5.41, 5.74) is 10.1. The summed E-state index contributed by atoms with van der Waals surface area (Å²) in [5, 5.41) is 0. The molecule has 146 valence electrons. The molecule has 2 aliphatic rings. The van der Waals surface area contributed by atoms with E-state index in [0.717, 1.165) is 27.8 Å². The molecule has 0 aliphatic carbocycles. The minimum atomic E-state index is -0.778. The van der Waals surface area contributed by atoms with Gasteiger partial charge in [0.05, 0.1) is 5.56 Å². The summed E-state index contributed by atoms with van der Waals surface area (Å²) in [6.45, 7) is 6.78. The molecule has 1 spiro atoms. The van der Waals surface area contributed by atoms with Crippen molar-refractivity contribution < 1.29 is 9.47 Å². The van der Waals surface area contributed by atoms with Crippen LogP contribution in [-0.2, 0) is 15.7 Å². The van der Waals surface area contributed by atoms with E-state index in [9.17, 15) is 0 Å². The number of ether oxygens (including phenoxy) is 2. The van der Waals surface area contributed by atoms with Crippen LogP contribution in [-0.4, -0.2) is 22.6 Å². The van der Waals surface area contributed by atoms with Gasteiger partial charge in [-0.1, -0.05) is 32.9 Å². The zero-order chi connectivity index (χ0) is 20.2. The van der Waals surface area contributed by atoms with Gasteiger partial charge in [-0.15, -0.1) is 0 Å². The quantitative estimate of drug-likeness (QED) is 0.680. The van der Waals surface area contributed by atoms with Crippen LogP contribution in [0.25, 0.3) is 11.1 Å². The number of hydrogen-bond donors (Lipinski definition) is 1. The van der Waals surface area contributed by atoms with Crippen molar-refractivity contribution in [3.05, 3.63) is 71.7 Å². The number of benzene rings is 1. The molecule has 6 heteroatoms. The number of hydrogen-bond acceptors (Lipinski definition) is 6. The highest BCUT2D eigenvalue weighted by atomic mass is 16.5. The van der Waals surface area contributed by atoms with E-state index in [-0.39, 0.29) is 11.4 Å². The van der Waals surface area contributed by atoms with Crippen molar-refractivity contribution in [3.8, 4) is 22.8 Å². The first-order chi connectivity index (χ1) is 13.9. The van der Waals surface area contributed by atoms with Crippen LogP contribution >= 0.6 is 0 Å². The highest BCUT2D eigenvalue weighted by molar-refractivity contribution is 5.77. The molecular weight excluding hydrogens is 364 g/mol. The largest absolute Gasteiger partial charge is 0.462 e. The lowest BCUT2D eigenvalue weighted by Gasteiger charge is -2.34. The molecule has 0 fully saturated rings. The summed E-state index contributed by atoms with van der Waals surface area (Å²) in [5.74, 6) is 1.25. The Bertz CT molecular complexity index is 1140. The fourth-order valence-corrected chi connectivity index (χ4v) is 3.85. The SMILES string of the molecule is CC(C)(C)c1cnc2c(c1)C1(COC(N)=N1)c1cc(-c3cccnc3)ccc1O2. The molecule has 2 N–H and O–H groups in total. The maximum absolute atomic E-state index is 6.17. The molecular formula is C23H22N4O2. The van der Waals surface area contributed by atoms with Crippen molar-refractivity contribution >= 4 is 6.02 Å². The summed E-state index contributed by atoms with van der Waals surface area (Å²) in [7, 11) is 0. The third-order valence-corrected chi connectivity index (χ3v) is 5.52. The van der Waals surface area contributed by atoms with E-state index in [1.54, 1.807) is 6.20 Å². The second kappa shape index (κ2) is 6.04. The van der Waals surface area contributed by atoms with E-state index in [1.165, 1.54) is 0 Å². The van der Waals surface area contributed by atoms with Gasteiger partial charge < -0.3 is 15.2 Å². The van der Waals surface area contributed by atoms with Crippen molar-refractivity contribution in [2.24, 2.45) is 10.7 Å². The highest BCUT2D eigenvalue weighted by Crippen LogP contribution is 2.51. The van der Waals surface area contributed by atoms with Crippen molar-refractivity contribution in [3.63, 3.8) is 0 Å². The molecule has 1 aromatic carbocycles. The molecule has 4 heterocycles. The van der Waals surface area contributed by atoms with Crippen molar-refractivity contribution in [1.82, 2.24) is 9.97 Å². The number of pyridine rings is 2. The molecule has 6 nitrogen and oxygen atoms in total. The van der Waals surface area contributed by atoms with Gasteiger partial charge in [-0.05, 0) is 40.8 Å². The van der Waals surface area contributed by atoms with E-state index >= 15 is 0 Å².